The Balaban J connectivity index is 0.000000177. The molecule has 0 amide bonds. The van der Waals surface area contributed by atoms with Gasteiger partial charge in [-0.3, -0.25) is 9.89 Å². The van der Waals surface area contributed by atoms with E-state index in [0.29, 0.717) is 6.42 Å². The molecule has 5 heteroatoms. The van der Waals surface area contributed by atoms with Gasteiger partial charge in [0.15, 0.2) is 0 Å². The van der Waals surface area contributed by atoms with E-state index < -0.39 is 0 Å². The Labute approximate surface area is 158 Å². The van der Waals surface area contributed by atoms with Crippen molar-refractivity contribution < 1.29 is 4.79 Å². The van der Waals surface area contributed by atoms with Crippen molar-refractivity contribution in [2.24, 2.45) is 0 Å². The van der Waals surface area contributed by atoms with Gasteiger partial charge in [0.25, 0.3) is 0 Å². The van der Waals surface area contributed by atoms with E-state index in [1.807, 2.05) is 49.5 Å². The number of rotatable bonds is 3. The van der Waals surface area contributed by atoms with Gasteiger partial charge in [0.1, 0.15) is 5.78 Å². The molecule has 1 aromatic heterocycles. The summed E-state index contributed by atoms with van der Waals surface area (Å²) in [4.78, 5) is 10.7. The summed E-state index contributed by atoms with van der Waals surface area (Å²) in [6.07, 6.45) is 2.38. The molecule has 124 valence electrons. The second-order valence-electron chi connectivity index (χ2n) is 5.42. The van der Waals surface area contributed by atoms with Gasteiger partial charge in [0.05, 0.1) is 6.20 Å². The van der Waals surface area contributed by atoms with E-state index in [4.69, 9.17) is 0 Å². The lowest BCUT2D eigenvalue weighted by atomic mass is 10.1. The smallest absolute Gasteiger partial charge is 0.134 e. The molecule has 1 N–H and O–H groups in total. The van der Waals surface area contributed by atoms with Crippen LogP contribution in [0.4, 0.5) is 0 Å². The molecule has 3 rings (SSSR count). The molecule has 0 saturated carbocycles. The summed E-state index contributed by atoms with van der Waals surface area (Å²) >= 11 is 6.73. The number of carbonyl (C=O) groups is 1. The van der Waals surface area contributed by atoms with Crippen molar-refractivity contribution in [1.82, 2.24) is 10.2 Å². The molecular weight excluding hydrogens is 432 g/mol. The van der Waals surface area contributed by atoms with Crippen LogP contribution in [0.3, 0.4) is 0 Å². The van der Waals surface area contributed by atoms with E-state index in [1.165, 1.54) is 5.56 Å². The number of H-pyrrole nitrogens is 1. The highest BCUT2D eigenvalue weighted by atomic mass is 79.9. The first kappa shape index (κ1) is 18.6. The first-order chi connectivity index (χ1) is 11.5. The summed E-state index contributed by atoms with van der Waals surface area (Å²) in [6, 6.07) is 16.0. The molecule has 3 nitrogen and oxygen atoms in total. The number of hydrogen-bond acceptors (Lipinski definition) is 2. The number of Topliss-reactive ketones (excluding diaryl/α,β-unsaturated/α-hetero) is 1. The molecule has 0 fully saturated rings. The molecule has 3 aromatic rings. The average Bonchev–Trinajstić information content (AvgIpc) is 2.97. The molecule has 0 aliphatic carbocycles. The third-order valence-corrected chi connectivity index (χ3v) is 4.41. The van der Waals surface area contributed by atoms with Gasteiger partial charge in [-0.25, -0.2) is 0 Å². The van der Waals surface area contributed by atoms with Gasteiger partial charge in [-0.05, 0) is 49.2 Å². The van der Waals surface area contributed by atoms with E-state index in [1.54, 1.807) is 6.92 Å². The summed E-state index contributed by atoms with van der Waals surface area (Å²) in [5.41, 5.74) is 4.52. The zero-order valence-electron chi connectivity index (χ0n) is 13.5. The number of benzene rings is 2. The Kier molecular flexibility index (Phi) is 6.94. The Bertz CT molecular complexity index is 793. The molecule has 0 spiro atoms. The number of aromatic nitrogens is 2. The van der Waals surface area contributed by atoms with Crippen LogP contribution in [0.1, 0.15) is 18.2 Å². The monoisotopic (exact) mass is 448 g/mol. The standard InChI is InChI=1S/C10H9BrN2.C9H9BrO/c1-7-10(6-12-13-7)8-2-4-9(11)5-3-8;1-7(11)6-8-2-4-9(10)5-3-8/h2-6H,1H3,(H,12,13);2-5H,6H2,1H3. The first-order valence-corrected chi connectivity index (χ1v) is 9.04. The van der Waals surface area contributed by atoms with Gasteiger partial charge >= 0.3 is 0 Å². The van der Waals surface area contributed by atoms with E-state index in [9.17, 15) is 4.79 Å². The molecule has 24 heavy (non-hydrogen) atoms. The lowest BCUT2D eigenvalue weighted by Crippen LogP contribution is -1.95. The number of aryl methyl sites for hydroxylation is 1. The van der Waals surface area contributed by atoms with Crippen LogP contribution in [0.15, 0.2) is 63.7 Å². The van der Waals surface area contributed by atoms with Gasteiger partial charge in [0.2, 0.25) is 0 Å². The van der Waals surface area contributed by atoms with Gasteiger partial charge in [-0.2, -0.15) is 5.10 Å². The summed E-state index contributed by atoms with van der Waals surface area (Å²) in [5, 5.41) is 6.90. The Hall–Kier alpha value is -1.72. The molecule has 0 aliphatic rings. The van der Waals surface area contributed by atoms with Crippen molar-refractivity contribution in [3.63, 3.8) is 0 Å². The average molecular weight is 450 g/mol. The predicted octanol–water partition coefficient (Wildman–Crippen LogP) is 5.73. The van der Waals surface area contributed by atoms with Gasteiger partial charge in [-0.15, -0.1) is 0 Å². The van der Waals surface area contributed by atoms with E-state index >= 15 is 0 Å². The van der Waals surface area contributed by atoms with E-state index in [2.05, 4.69) is 54.2 Å². The summed E-state index contributed by atoms with van der Waals surface area (Å²) in [5.74, 6) is 0.201. The van der Waals surface area contributed by atoms with E-state index in [-0.39, 0.29) is 5.78 Å². The van der Waals surface area contributed by atoms with Gasteiger partial charge in [-0.1, -0.05) is 56.1 Å². The van der Waals surface area contributed by atoms with Crippen LogP contribution in [0.2, 0.25) is 0 Å². The number of hydrogen-bond donors (Lipinski definition) is 1. The second-order valence-corrected chi connectivity index (χ2v) is 7.25. The molecule has 0 bridgehead atoms. The fourth-order valence-corrected chi connectivity index (χ4v) is 2.69. The molecular formula is C19H18Br2N2O. The SMILES string of the molecule is CC(=O)Cc1ccc(Br)cc1.Cc1[nH]ncc1-c1ccc(Br)cc1. The number of aromatic amines is 1. The number of nitrogens with zero attached hydrogens (tertiary/aromatic N) is 1. The maximum Gasteiger partial charge on any atom is 0.134 e. The Morgan fingerprint density at radius 2 is 1.54 bits per heavy atom. The van der Waals surface area contributed by atoms with E-state index in [0.717, 1.165) is 25.8 Å². The molecule has 1 heterocycles. The zero-order chi connectivity index (χ0) is 17.5. The van der Waals surface area contributed by atoms with Crippen molar-refractivity contribution in [1.29, 1.82) is 0 Å². The van der Waals surface area contributed by atoms with Crippen LogP contribution >= 0.6 is 31.9 Å². The Morgan fingerprint density at radius 3 is 2.00 bits per heavy atom. The minimum Gasteiger partial charge on any atom is -0.300 e. The fourth-order valence-electron chi connectivity index (χ4n) is 2.16. The van der Waals surface area contributed by atoms with Crippen molar-refractivity contribution >= 4 is 37.6 Å². The highest BCUT2D eigenvalue weighted by Gasteiger charge is 2.02. The summed E-state index contributed by atoms with van der Waals surface area (Å²) < 4.78 is 2.14. The van der Waals surface area contributed by atoms with Gasteiger partial charge in [0, 0.05) is 26.6 Å². The lowest BCUT2D eigenvalue weighted by Gasteiger charge is -1.98. The lowest BCUT2D eigenvalue weighted by molar-refractivity contribution is -0.116. The van der Waals surface area contributed by atoms with Crippen molar-refractivity contribution in [2.45, 2.75) is 20.3 Å². The van der Waals surface area contributed by atoms with Crippen molar-refractivity contribution in [2.75, 3.05) is 0 Å². The minimum absolute atomic E-state index is 0.201. The maximum atomic E-state index is 10.7. The molecule has 0 atom stereocenters. The predicted molar refractivity (Wildman–Crippen MR) is 105 cm³/mol. The third kappa shape index (κ3) is 5.73. The number of nitrogens with one attached hydrogen (secondary N) is 1. The molecule has 0 radical (unpaired) electrons. The van der Waals surface area contributed by atoms with Crippen LogP contribution in [-0.2, 0) is 11.2 Å². The second kappa shape index (κ2) is 8.94. The normalized spacial score (nSPS) is 10.0. The quantitative estimate of drug-likeness (QED) is 0.555. The number of ketones is 1. The third-order valence-electron chi connectivity index (χ3n) is 3.35. The molecule has 2 aromatic carbocycles. The van der Waals surface area contributed by atoms with Crippen LogP contribution in [0, 0.1) is 6.92 Å². The van der Waals surface area contributed by atoms with Crippen LogP contribution in [0.25, 0.3) is 11.1 Å². The maximum absolute atomic E-state index is 10.7. The topological polar surface area (TPSA) is 45.8 Å². The zero-order valence-corrected chi connectivity index (χ0v) is 16.7. The molecule has 0 unspecified atom stereocenters. The number of halogens is 2. The van der Waals surface area contributed by atoms with Crippen molar-refractivity contribution in [3.05, 3.63) is 74.9 Å². The highest BCUT2D eigenvalue weighted by Crippen LogP contribution is 2.22. The van der Waals surface area contributed by atoms with Crippen LogP contribution in [-0.4, -0.2) is 16.0 Å². The fraction of sp³-hybridized carbons (Fsp3) is 0.158. The molecule has 0 saturated heterocycles. The highest BCUT2D eigenvalue weighted by molar-refractivity contribution is 9.10. The summed E-state index contributed by atoms with van der Waals surface area (Å²) in [7, 11) is 0. The largest absolute Gasteiger partial charge is 0.300 e. The summed E-state index contributed by atoms with van der Waals surface area (Å²) in [6.45, 7) is 3.62. The van der Waals surface area contributed by atoms with Crippen LogP contribution < -0.4 is 0 Å². The minimum atomic E-state index is 0.201. The Morgan fingerprint density at radius 1 is 1.00 bits per heavy atom. The molecule has 0 aliphatic heterocycles. The van der Waals surface area contributed by atoms with Crippen LogP contribution in [0.5, 0.6) is 0 Å². The van der Waals surface area contributed by atoms with Crippen molar-refractivity contribution in [3.8, 4) is 11.1 Å². The first-order valence-electron chi connectivity index (χ1n) is 7.45. The number of carbonyl (C=O) groups excluding carboxylic acids is 1. The van der Waals surface area contributed by atoms with Gasteiger partial charge < -0.3 is 0 Å².